The van der Waals surface area contributed by atoms with E-state index in [2.05, 4.69) is 58.4 Å². The molecule has 4 N–H and O–H groups in total. The Balaban J connectivity index is 1.77. The molecule has 0 aromatic heterocycles. The summed E-state index contributed by atoms with van der Waals surface area (Å²) in [6.07, 6.45) is 6.22. The molecule has 1 heterocycles. The fourth-order valence-electron chi connectivity index (χ4n) is 4.16. The van der Waals surface area contributed by atoms with Gasteiger partial charge in [0.25, 0.3) is 0 Å². The van der Waals surface area contributed by atoms with E-state index in [1.165, 1.54) is 17.5 Å². The Morgan fingerprint density at radius 1 is 0.885 bits per heavy atom. The fourth-order valence-corrected chi connectivity index (χ4v) is 4.16. The summed E-state index contributed by atoms with van der Waals surface area (Å²) >= 11 is 0. The number of para-hydroxylation sites is 1. The molecule has 0 amide bonds. The predicted molar refractivity (Wildman–Crippen MR) is 107 cm³/mol. The van der Waals surface area contributed by atoms with Crippen molar-refractivity contribution in [3.8, 4) is 0 Å². The first kappa shape index (κ1) is 16.6. The maximum absolute atomic E-state index is 6.38. The van der Waals surface area contributed by atoms with Crippen molar-refractivity contribution in [2.45, 2.75) is 44.2 Å². The maximum Gasteiger partial charge on any atom is 0.220 e. The van der Waals surface area contributed by atoms with E-state index in [1.54, 1.807) is 0 Å². The molecule has 2 aliphatic rings. The maximum atomic E-state index is 6.38. The van der Waals surface area contributed by atoms with Crippen LogP contribution in [0.1, 0.15) is 43.2 Å². The first-order valence-electron chi connectivity index (χ1n) is 9.29. The van der Waals surface area contributed by atoms with Crippen molar-refractivity contribution in [2.24, 2.45) is 21.5 Å². The molecule has 0 atom stereocenters. The van der Waals surface area contributed by atoms with Crippen LogP contribution in [0.3, 0.4) is 0 Å². The summed E-state index contributed by atoms with van der Waals surface area (Å²) in [5.74, 6) is 0.737. The molecule has 1 aliphatic heterocycles. The van der Waals surface area contributed by atoms with Crippen molar-refractivity contribution in [1.82, 2.24) is 0 Å². The Labute approximate surface area is 154 Å². The molecule has 1 aliphatic carbocycles. The van der Waals surface area contributed by atoms with E-state index >= 15 is 0 Å². The third kappa shape index (κ3) is 3.05. The standard InChI is InChI=1S/C21H25N5/c22-19-24-20(23)26(21(25-19)13-7-2-8-14-21)18-12-6-5-11-17(18)15-16-9-3-1-4-10-16/h1,3-6,9-12H,2,7-8,13-15H2,(H4,22,23,24,25). The monoisotopic (exact) mass is 347 g/mol. The average molecular weight is 347 g/mol. The van der Waals surface area contributed by atoms with Crippen LogP contribution in [-0.4, -0.2) is 17.6 Å². The molecule has 0 saturated heterocycles. The largest absolute Gasteiger partial charge is 0.369 e. The van der Waals surface area contributed by atoms with Crippen LogP contribution in [0, 0.1) is 0 Å². The SMILES string of the molecule is NC1=NC2(CCCCC2)N(c2ccccc2Cc2ccccc2)C(N)=N1. The van der Waals surface area contributed by atoms with Crippen molar-refractivity contribution in [3.63, 3.8) is 0 Å². The molecule has 2 aromatic carbocycles. The fraction of sp³-hybridized carbons (Fsp3) is 0.333. The third-order valence-corrected chi connectivity index (χ3v) is 5.32. The van der Waals surface area contributed by atoms with Crippen molar-refractivity contribution < 1.29 is 0 Å². The van der Waals surface area contributed by atoms with Crippen LogP contribution < -0.4 is 16.4 Å². The van der Waals surface area contributed by atoms with Gasteiger partial charge in [0.15, 0.2) is 0 Å². The van der Waals surface area contributed by atoms with E-state index in [-0.39, 0.29) is 0 Å². The summed E-state index contributed by atoms with van der Waals surface area (Å²) < 4.78 is 0. The van der Waals surface area contributed by atoms with E-state index in [1.807, 2.05) is 6.07 Å². The number of benzene rings is 2. The molecule has 0 unspecified atom stereocenters. The molecule has 26 heavy (non-hydrogen) atoms. The van der Waals surface area contributed by atoms with Gasteiger partial charge in [-0.2, -0.15) is 4.99 Å². The highest BCUT2D eigenvalue weighted by atomic mass is 15.4. The highest BCUT2D eigenvalue weighted by Crippen LogP contribution is 2.40. The number of hydrogen-bond donors (Lipinski definition) is 2. The van der Waals surface area contributed by atoms with Gasteiger partial charge in [-0.25, -0.2) is 4.99 Å². The molecular weight excluding hydrogens is 322 g/mol. The molecule has 0 radical (unpaired) electrons. The van der Waals surface area contributed by atoms with Gasteiger partial charge < -0.3 is 11.5 Å². The second-order valence-electron chi connectivity index (χ2n) is 7.11. The lowest BCUT2D eigenvalue weighted by Crippen LogP contribution is -2.58. The van der Waals surface area contributed by atoms with Gasteiger partial charge in [-0.15, -0.1) is 0 Å². The van der Waals surface area contributed by atoms with Crippen molar-refractivity contribution >= 4 is 17.6 Å². The lowest BCUT2D eigenvalue weighted by atomic mass is 9.86. The Hall–Kier alpha value is -2.82. The van der Waals surface area contributed by atoms with Crippen molar-refractivity contribution in [2.75, 3.05) is 4.90 Å². The number of nitrogens with zero attached hydrogens (tertiary/aromatic N) is 3. The van der Waals surface area contributed by atoms with Gasteiger partial charge in [0.2, 0.25) is 11.9 Å². The summed E-state index contributed by atoms with van der Waals surface area (Å²) in [6.45, 7) is 0. The number of nitrogens with two attached hydrogens (primary N) is 2. The zero-order valence-electron chi connectivity index (χ0n) is 14.9. The summed E-state index contributed by atoms with van der Waals surface area (Å²) in [6, 6.07) is 18.9. The number of rotatable bonds is 3. The van der Waals surface area contributed by atoms with Crippen LogP contribution in [0.25, 0.3) is 0 Å². The molecule has 1 saturated carbocycles. The van der Waals surface area contributed by atoms with Crippen molar-refractivity contribution in [1.29, 1.82) is 0 Å². The van der Waals surface area contributed by atoms with Crippen LogP contribution in [-0.2, 0) is 6.42 Å². The molecule has 5 nitrogen and oxygen atoms in total. The molecule has 134 valence electrons. The first-order valence-corrected chi connectivity index (χ1v) is 9.29. The smallest absolute Gasteiger partial charge is 0.220 e. The minimum atomic E-state index is -0.402. The lowest BCUT2D eigenvalue weighted by molar-refractivity contribution is 0.305. The predicted octanol–water partition coefficient (Wildman–Crippen LogP) is 3.39. The minimum Gasteiger partial charge on any atom is -0.369 e. The van der Waals surface area contributed by atoms with E-state index in [0.717, 1.165) is 37.8 Å². The second-order valence-corrected chi connectivity index (χ2v) is 7.11. The average Bonchev–Trinajstić information content (AvgIpc) is 2.64. The highest BCUT2D eigenvalue weighted by molar-refractivity contribution is 6.06. The van der Waals surface area contributed by atoms with Crippen molar-refractivity contribution in [3.05, 3.63) is 65.7 Å². The van der Waals surface area contributed by atoms with E-state index in [0.29, 0.717) is 11.9 Å². The third-order valence-electron chi connectivity index (χ3n) is 5.32. The quantitative estimate of drug-likeness (QED) is 0.893. The van der Waals surface area contributed by atoms with Crippen LogP contribution in [0.4, 0.5) is 5.69 Å². The van der Waals surface area contributed by atoms with Gasteiger partial charge in [-0.3, -0.25) is 4.90 Å². The molecule has 2 aromatic rings. The Kier molecular flexibility index (Phi) is 4.37. The first-order chi connectivity index (χ1) is 12.7. The zero-order valence-corrected chi connectivity index (χ0v) is 14.9. The molecule has 5 heteroatoms. The number of aliphatic imine (C=N–C) groups is 2. The van der Waals surface area contributed by atoms with Gasteiger partial charge in [0, 0.05) is 5.69 Å². The van der Waals surface area contributed by atoms with E-state index in [9.17, 15) is 0 Å². The minimum absolute atomic E-state index is 0.293. The summed E-state index contributed by atoms with van der Waals surface area (Å²) in [5.41, 5.74) is 15.5. The van der Waals surface area contributed by atoms with E-state index in [4.69, 9.17) is 16.5 Å². The molecule has 1 spiro atoms. The number of hydrogen-bond acceptors (Lipinski definition) is 5. The lowest BCUT2D eigenvalue weighted by Gasteiger charge is -2.46. The van der Waals surface area contributed by atoms with Gasteiger partial charge >= 0.3 is 0 Å². The second kappa shape index (κ2) is 6.83. The zero-order chi connectivity index (χ0) is 18.0. The van der Waals surface area contributed by atoms with Crippen LogP contribution in [0.2, 0.25) is 0 Å². The Morgan fingerprint density at radius 3 is 2.35 bits per heavy atom. The summed E-state index contributed by atoms with van der Waals surface area (Å²) in [4.78, 5) is 11.2. The van der Waals surface area contributed by atoms with Gasteiger partial charge in [-0.1, -0.05) is 55.0 Å². The summed E-state index contributed by atoms with van der Waals surface area (Å²) in [7, 11) is 0. The Bertz CT molecular complexity index is 834. The molecule has 1 fully saturated rings. The van der Waals surface area contributed by atoms with Crippen LogP contribution in [0.5, 0.6) is 0 Å². The number of guanidine groups is 2. The highest BCUT2D eigenvalue weighted by Gasteiger charge is 2.43. The normalized spacial score (nSPS) is 19.2. The molecule has 0 bridgehead atoms. The molecular formula is C21H25N5. The topological polar surface area (TPSA) is 80.0 Å². The van der Waals surface area contributed by atoms with Gasteiger partial charge in [0.05, 0.1) is 0 Å². The van der Waals surface area contributed by atoms with Gasteiger partial charge in [-0.05, 0) is 49.3 Å². The Morgan fingerprint density at radius 2 is 1.58 bits per heavy atom. The summed E-state index contributed by atoms with van der Waals surface area (Å²) in [5, 5.41) is 0. The van der Waals surface area contributed by atoms with Gasteiger partial charge in [0.1, 0.15) is 5.66 Å². The van der Waals surface area contributed by atoms with Crippen LogP contribution in [0.15, 0.2) is 64.6 Å². The van der Waals surface area contributed by atoms with E-state index < -0.39 is 5.66 Å². The van der Waals surface area contributed by atoms with Crippen LogP contribution >= 0.6 is 0 Å². The number of anilines is 1. The molecule has 4 rings (SSSR count).